The van der Waals surface area contributed by atoms with Crippen molar-refractivity contribution in [2.45, 2.75) is 4.90 Å². The Balaban J connectivity index is 1.67. The zero-order valence-electron chi connectivity index (χ0n) is 15.4. The number of nitro benzene ring substituents is 1. The molecule has 1 saturated heterocycles. The van der Waals surface area contributed by atoms with E-state index in [0.29, 0.717) is 24.5 Å². The Morgan fingerprint density at radius 3 is 2.48 bits per heavy atom. The van der Waals surface area contributed by atoms with Crippen molar-refractivity contribution in [1.82, 2.24) is 4.31 Å². The molecule has 0 atom stereocenters. The van der Waals surface area contributed by atoms with E-state index in [0.717, 1.165) is 0 Å². The summed E-state index contributed by atoms with van der Waals surface area (Å²) in [5.74, 6) is -0.454. The number of nitro groups is 1. The number of nitrogens with zero attached hydrogens (tertiary/aromatic N) is 2. The van der Waals surface area contributed by atoms with Crippen molar-refractivity contribution in [1.29, 1.82) is 0 Å². The number of rotatable bonds is 6. The number of morpholine rings is 1. The maximum absolute atomic E-state index is 12.7. The number of carbonyl (C=O) groups is 1. The standard InChI is InChI=1S/C19H19N3O6S/c23-19(9-6-15-4-7-17(8-5-15)22(24)25)20-16-2-1-3-18(14-16)29(26,27)21-10-12-28-13-11-21/h1-9,14H,10-13H2,(H,20,23)/b9-6+. The fourth-order valence-corrected chi connectivity index (χ4v) is 4.19. The van der Waals surface area contributed by atoms with Crippen molar-refractivity contribution < 1.29 is 22.9 Å². The molecule has 2 aromatic rings. The summed E-state index contributed by atoms with van der Waals surface area (Å²) in [5.41, 5.74) is 0.928. The second-order valence-electron chi connectivity index (χ2n) is 6.22. The van der Waals surface area contributed by atoms with Crippen molar-refractivity contribution >= 4 is 33.4 Å². The average Bonchev–Trinajstić information content (AvgIpc) is 2.73. The number of sulfonamides is 1. The summed E-state index contributed by atoms with van der Waals surface area (Å²) in [7, 11) is -3.66. The smallest absolute Gasteiger partial charge is 0.269 e. The Morgan fingerprint density at radius 2 is 1.83 bits per heavy atom. The van der Waals surface area contributed by atoms with Gasteiger partial charge in [0.2, 0.25) is 15.9 Å². The summed E-state index contributed by atoms with van der Waals surface area (Å²) in [5, 5.41) is 13.3. The molecule has 0 aliphatic carbocycles. The van der Waals surface area contributed by atoms with Crippen molar-refractivity contribution in [3.63, 3.8) is 0 Å². The van der Waals surface area contributed by atoms with Crippen molar-refractivity contribution in [3.05, 3.63) is 70.3 Å². The van der Waals surface area contributed by atoms with Gasteiger partial charge in [-0.25, -0.2) is 8.42 Å². The second-order valence-corrected chi connectivity index (χ2v) is 8.15. The number of nitrogens with one attached hydrogen (secondary N) is 1. The Hall–Kier alpha value is -3.08. The number of anilines is 1. The molecule has 1 aliphatic heterocycles. The van der Waals surface area contributed by atoms with Crippen LogP contribution >= 0.6 is 0 Å². The van der Waals surface area contributed by atoms with Crippen LogP contribution in [0.5, 0.6) is 0 Å². The van der Waals surface area contributed by atoms with E-state index in [1.807, 2.05) is 0 Å². The molecule has 1 fully saturated rings. The number of benzene rings is 2. The molecule has 2 aromatic carbocycles. The molecule has 0 aromatic heterocycles. The third-order valence-corrected chi connectivity index (χ3v) is 6.14. The molecule has 1 aliphatic rings. The molecular weight excluding hydrogens is 398 g/mol. The normalized spacial score (nSPS) is 15.3. The Morgan fingerprint density at radius 1 is 1.14 bits per heavy atom. The first-order chi connectivity index (χ1) is 13.9. The summed E-state index contributed by atoms with van der Waals surface area (Å²) in [6.45, 7) is 1.28. The Kier molecular flexibility index (Phi) is 6.37. The van der Waals surface area contributed by atoms with Crippen molar-refractivity contribution in [2.24, 2.45) is 0 Å². The van der Waals surface area contributed by atoms with Gasteiger partial charge in [0.25, 0.3) is 5.69 Å². The maximum Gasteiger partial charge on any atom is 0.269 e. The van der Waals surface area contributed by atoms with E-state index in [9.17, 15) is 23.3 Å². The zero-order valence-corrected chi connectivity index (χ0v) is 16.2. The highest BCUT2D eigenvalue weighted by molar-refractivity contribution is 7.89. The second kappa shape index (κ2) is 8.95. The van der Waals surface area contributed by atoms with Crippen LogP contribution in [0, 0.1) is 10.1 Å². The average molecular weight is 417 g/mol. The minimum absolute atomic E-state index is 0.0371. The van der Waals surface area contributed by atoms with E-state index in [-0.39, 0.29) is 23.7 Å². The minimum atomic E-state index is -3.66. The molecule has 152 valence electrons. The lowest BCUT2D eigenvalue weighted by Gasteiger charge is -2.26. The summed E-state index contributed by atoms with van der Waals surface area (Å²) < 4.78 is 32.0. The summed E-state index contributed by atoms with van der Waals surface area (Å²) in [6.07, 6.45) is 2.78. The topological polar surface area (TPSA) is 119 Å². The molecule has 10 heteroatoms. The van der Waals surface area contributed by atoms with Crippen LogP contribution in [0.4, 0.5) is 11.4 Å². The highest BCUT2D eigenvalue weighted by Gasteiger charge is 2.26. The predicted molar refractivity (Wildman–Crippen MR) is 107 cm³/mol. The molecule has 0 spiro atoms. The van der Waals surface area contributed by atoms with Crippen LogP contribution in [-0.4, -0.2) is 49.9 Å². The van der Waals surface area contributed by atoms with Crippen LogP contribution in [0.2, 0.25) is 0 Å². The number of hydrogen-bond donors (Lipinski definition) is 1. The fraction of sp³-hybridized carbons (Fsp3) is 0.211. The van der Waals surface area contributed by atoms with Crippen LogP contribution in [0.15, 0.2) is 59.5 Å². The van der Waals surface area contributed by atoms with Crippen molar-refractivity contribution in [3.8, 4) is 0 Å². The fourth-order valence-electron chi connectivity index (χ4n) is 2.73. The molecule has 1 N–H and O–H groups in total. The third-order valence-electron chi connectivity index (χ3n) is 4.24. The Labute approximate surface area is 167 Å². The highest BCUT2D eigenvalue weighted by atomic mass is 32.2. The quantitative estimate of drug-likeness (QED) is 0.437. The van der Waals surface area contributed by atoms with Gasteiger partial charge in [-0.3, -0.25) is 14.9 Å². The van der Waals surface area contributed by atoms with Gasteiger partial charge in [-0.1, -0.05) is 6.07 Å². The molecule has 29 heavy (non-hydrogen) atoms. The van der Waals surface area contributed by atoms with Gasteiger partial charge in [-0.15, -0.1) is 0 Å². The van der Waals surface area contributed by atoms with Gasteiger partial charge in [-0.05, 0) is 42.0 Å². The molecule has 1 amide bonds. The maximum atomic E-state index is 12.7. The van der Waals surface area contributed by atoms with E-state index in [1.54, 1.807) is 12.1 Å². The highest BCUT2D eigenvalue weighted by Crippen LogP contribution is 2.20. The zero-order chi connectivity index (χ0) is 20.9. The van der Waals surface area contributed by atoms with Crippen LogP contribution in [0.3, 0.4) is 0 Å². The molecule has 9 nitrogen and oxygen atoms in total. The van der Waals surface area contributed by atoms with Gasteiger partial charge in [0.05, 0.1) is 23.0 Å². The third kappa shape index (κ3) is 5.25. The lowest BCUT2D eigenvalue weighted by molar-refractivity contribution is -0.384. The lowest BCUT2D eigenvalue weighted by atomic mass is 10.2. The van der Waals surface area contributed by atoms with Gasteiger partial charge in [-0.2, -0.15) is 4.31 Å². The molecular formula is C19H19N3O6S. The van der Waals surface area contributed by atoms with E-state index in [4.69, 9.17) is 4.74 Å². The SMILES string of the molecule is O=C(/C=C/c1ccc([N+](=O)[O-])cc1)Nc1cccc(S(=O)(=O)N2CCOCC2)c1. The number of amides is 1. The molecule has 0 saturated carbocycles. The number of carbonyl (C=O) groups excluding carboxylic acids is 1. The first kappa shape index (κ1) is 20.6. The molecule has 1 heterocycles. The molecule has 0 radical (unpaired) electrons. The monoisotopic (exact) mass is 417 g/mol. The van der Waals surface area contributed by atoms with Crippen LogP contribution < -0.4 is 5.32 Å². The number of hydrogen-bond acceptors (Lipinski definition) is 6. The van der Waals surface area contributed by atoms with E-state index < -0.39 is 20.9 Å². The van der Waals surface area contributed by atoms with E-state index in [2.05, 4.69) is 5.32 Å². The number of non-ortho nitro benzene ring substituents is 1. The molecule has 0 bridgehead atoms. The van der Waals surface area contributed by atoms with Gasteiger partial charge in [0.1, 0.15) is 0 Å². The summed E-state index contributed by atoms with van der Waals surface area (Å²) in [4.78, 5) is 22.4. The Bertz CT molecular complexity index is 1030. The number of ether oxygens (including phenoxy) is 1. The van der Waals surface area contributed by atoms with Gasteiger partial charge in [0.15, 0.2) is 0 Å². The predicted octanol–water partition coefficient (Wildman–Crippen LogP) is 2.27. The van der Waals surface area contributed by atoms with Gasteiger partial charge < -0.3 is 10.1 Å². The van der Waals surface area contributed by atoms with E-state index in [1.165, 1.54) is 52.9 Å². The van der Waals surface area contributed by atoms with Gasteiger partial charge in [0, 0.05) is 37.0 Å². The van der Waals surface area contributed by atoms with Crippen LogP contribution in [-0.2, 0) is 19.6 Å². The van der Waals surface area contributed by atoms with E-state index >= 15 is 0 Å². The lowest BCUT2D eigenvalue weighted by Crippen LogP contribution is -2.40. The first-order valence-corrected chi connectivity index (χ1v) is 10.2. The van der Waals surface area contributed by atoms with Gasteiger partial charge >= 0.3 is 0 Å². The first-order valence-electron chi connectivity index (χ1n) is 8.78. The van der Waals surface area contributed by atoms with Crippen LogP contribution in [0.25, 0.3) is 6.08 Å². The molecule has 3 rings (SSSR count). The minimum Gasteiger partial charge on any atom is -0.379 e. The molecule has 0 unspecified atom stereocenters. The summed E-state index contributed by atoms with van der Waals surface area (Å²) >= 11 is 0. The summed E-state index contributed by atoms with van der Waals surface area (Å²) in [6, 6.07) is 11.8. The van der Waals surface area contributed by atoms with Crippen molar-refractivity contribution in [2.75, 3.05) is 31.6 Å². The van der Waals surface area contributed by atoms with Crippen LogP contribution in [0.1, 0.15) is 5.56 Å². The largest absolute Gasteiger partial charge is 0.379 e.